The van der Waals surface area contributed by atoms with E-state index >= 15 is 4.57 Å². The van der Waals surface area contributed by atoms with Gasteiger partial charge in [0, 0.05) is 13.1 Å². The zero-order valence-corrected chi connectivity index (χ0v) is 44.7. The van der Waals surface area contributed by atoms with E-state index in [2.05, 4.69) is 105 Å². The van der Waals surface area contributed by atoms with E-state index in [0.717, 1.165) is 116 Å². The van der Waals surface area contributed by atoms with Crippen LogP contribution in [0.2, 0.25) is 0 Å². The van der Waals surface area contributed by atoms with Gasteiger partial charge in [0.1, 0.15) is 0 Å². The molecule has 8 aliphatic carbocycles. The van der Waals surface area contributed by atoms with Gasteiger partial charge < -0.3 is 4.90 Å². The molecule has 5 nitrogen and oxygen atoms in total. The lowest BCUT2D eigenvalue weighted by Crippen LogP contribution is -2.51. The molecule has 0 heterocycles. The van der Waals surface area contributed by atoms with Crippen LogP contribution in [0, 0.1) is 92.7 Å². The second-order valence-electron chi connectivity index (χ2n) is 26.7. The van der Waals surface area contributed by atoms with Crippen LogP contribution in [0.25, 0.3) is 0 Å². The van der Waals surface area contributed by atoms with Crippen molar-refractivity contribution >= 4 is 7.75 Å². The molecule has 0 spiro atoms. The molecule has 0 bridgehead atoms. The Kier molecular flexibility index (Phi) is 15.4. The molecule has 6 heteroatoms. The Bertz CT molecular complexity index is 1590. The number of allylic oxidation sites excluding steroid dienone is 2. The maximum atomic E-state index is 15.1. The third-order valence-corrected chi connectivity index (χ3v) is 23.7. The number of hydrogen-bond acceptors (Lipinski definition) is 4. The summed E-state index contributed by atoms with van der Waals surface area (Å²) < 4.78 is 28.9. The van der Waals surface area contributed by atoms with Gasteiger partial charge in [-0.3, -0.25) is 9.05 Å². The van der Waals surface area contributed by atoms with Crippen LogP contribution in [0.1, 0.15) is 210 Å². The Morgan fingerprint density at radius 1 is 0.609 bits per heavy atom. The van der Waals surface area contributed by atoms with Gasteiger partial charge in [0.15, 0.2) is 0 Å². The molecule has 8 aliphatic rings. The van der Waals surface area contributed by atoms with E-state index < -0.39 is 7.75 Å². The highest BCUT2D eigenvalue weighted by Crippen LogP contribution is 2.70. The molecule has 6 fully saturated rings. The monoisotopic (exact) mass is 905 g/mol. The Morgan fingerprint density at radius 3 is 1.45 bits per heavy atom. The third-order valence-electron chi connectivity index (χ3n) is 22.0. The number of fused-ring (bicyclic) bond motifs is 10. The second-order valence-corrected chi connectivity index (χ2v) is 28.5. The van der Waals surface area contributed by atoms with Crippen LogP contribution >= 0.6 is 7.75 Å². The standard InChI is InChI=1S/C58H101N2O3P/c1-39(2)15-13-17-41(5)49-23-25-51-47-21-19-43-37-45(27-31-55(43,7)53(47)29-33-57(49,51)9)62-64(61,59-35-36-60(11)12)63-46-28-32-56(8)44(38-46)20-22-48-52-26-24-50(42(6)18-14-16-40(3)4)58(52,10)34-30-54(48)56/h19-20,39-42,45-54H,13-18,21-38H2,1-12H3,(H,59,61)/t41-,42-,45+,46?,47+,48+,49-,50-,51+,52+,53+,54+,55+,56+,57-,58-,64?/m1/s1. The fourth-order valence-electron chi connectivity index (χ4n) is 18.4. The minimum Gasteiger partial charge on any atom is -0.308 e. The van der Waals surface area contributed by atoms with E-state index in [1.54, 1.807) is 11.1 Å². The quantitative estimate of drug-likeness (QED) is 0.110. The molecule has 0 aromatic carbocycles. The van der Waals surface area contributed by atoms with Crippen LogP contribution in [-0.4, -0.2) is 44.3 Å². The van der Waals surface area contributed by atoms with Gasteiger partial charge in [-0.05, 0) is 210 Å². The van der Waals surface area contributed by atoms with Gasteiger partial charge in [-0.2, -0.15) is 0 Å². The predicted molar refractivity (Wildman–Crippen MR) is 270 cm³/mol. The van der Waals surface area contributed by atoms with E-state index in [1.807, 2.05) is 0 Å². The maximum Gasteiger partial charge on any atom is 0.406 e. The van der Waals surface area contributed by atoms with Gasteiger partial charge in [-0.25, -0.2) is 9.65 Å². The van der Waals surface area contributed by atoms with Gasteiger partial charge in [-0.15, -0.1) is 0 Å². The smallest absolute Gasteiger partial charge is 0.308 e. The van der Waals surface area contributed by atoms with E-state index in [9.17, 15) is 0 Å². The molecular weight excluding hydrogens is 804 g/mol. The first kappa shape index (κ1) is 50.0. The Hall–Kier alpha value is -0.450. The predicted octanol–water partition coefficient (Wildman–Crippen LogP) is 16.1. The van der Waals surface area contributed by atoms with E-state index in [-0.39, 0.29) is 23.0 Å². The average Bonchev–Trinajstić information content (AvgIpc) is 3.77. The molecule has 0 aromatic heterocycles. The van der Waals surface area contributed by atoms with Crippen LogP contribution in [0.15, 0.2) is 23.3 Å². The van der Waals surface area contributed by atoms with Gasteiger partial charge >= 0.3 is 7.75 Å². The molecular formula is C58H101N2O3P. The van der Waals surface area contributed by atoms with E-state index in [4.69, 9.17) is 9.05 Å². The molecule has 0 aromatic rings. The lowest BCUT2D eigenvalue weighted by Gasteiger charge is -2.59. The molecule has 0 radical (unpaired) electrons. The molecule has 0 amide bonds. The second kappa shape index (κ2) is 19.7. The summed E-state index contributed by atoms with van der Waals surface area (Å²) in [6, 6.07) is 0. The minimum absolute atomic E-state index is 0.0572. The summed E-state index contributed by atoms with van der Waals surface area (Å²) in [5.41, 5.74) is 4.73. The van der Waals surface area contributed by atoms with E-state index in [1.165, 1.54) is 103 Å². The lowest BCUT2D eigenvalue weighted by molar-refractivity contribution is -0.0598. The van der Waals surface area contributed by atoms with Gasteiger partial charge in [-0.1, -0.05) is 131 Å². The molecule has 8 rings (SSSR count). The number of hydrogen-bond donors (Lipinski definition) is 1. The van der Waals surface area contributed by atoms with Crippen molar-refractivity contribution in [3.63, 3.8) is 0 Å². The summed E-state index contributed by atoms with van der Waals surface area (Å²) in [4.78, 5) is 2.16. The van der Waals surface area contributed by atoms with Crippen LogP contribution in [0.3, 0.4) is 0 Å². The van der Waals surface area contributed by atoms with Crippen LogP contribution in [0.5, 0.6) is 0 Å². The average molecular weight is 905 g/mol. The first-order chi connectivity index (χ1) is 30.3. The van der Waals surface area contributed by atoms with Crippen molar-refractivity contribution < 1.29 is 13.6 Å². The summed E-state index contributed by atoms with van der Waals surface area (Å²) >= 11 is 0. The summed E-state index contributed by atoms with van der Waals surface area (Å²) in [5.74, 6) is 10.1. The van der Waals surface area contributed by atoms with Crippen molar-refractivity contribution in [1.82, 2.24) is 9.99 Å². The molecule has 17 atom stereocenters. The van der Waals surface area contributed by atoms with Crippen molar-refractivity contribution in [3.05, 3.63) is 23.3 Å². The number of likely N-dealkylation sites (N-methyl/N-ethyl adjacent to an activating group) is 1. The number of nitrogens with one attached hydrogen (secondary N) is 1. The van der Waals surface area contributed by atoms with Gasteiger partial charge in [0.25, 0.3) is 0 Å². The topological polar surface area (TPSA) is 50.8 Å². The highest BCUT2D eigenvalue weighted by Gasteiger charge is 2.61. The fourth-order valence-corrected chi connectivity index (χ4v) is 20.1. The zero-order valence-electron chi connectivity index (χ0n) is 43.8. The number of rotatable bonds is 18. The highest BCUT2D eigenvalue weighted by molar-refractivity contribution is 7.51. The largest absolute Gasteiger partial charge is 0.406 e. The SMILES string of the molecule is CC(C)CCC[C@@H](C)[C@H]1CC[C@H]2[C@@H]3CC=C4CC(OP(=O)(NCCN(C)C)O[C@H]5CC[C@@]6(C)C(=CC[C@H]7[C@@H]8CC[C@H]([C@H](C)CCCC(C)C)[C@@]8(C)CC[C@@H]76)C5)CC[C@]4(C)[C@H]3CC[C@]12C. The Labute approximate surface area is 395 Å². The molecule has 0 aliphatic heterocycles. The first-order valence-electron chi connectivity index (χ1n) is 28.1. The Balaban J connectivity index is 0.907. The minimum atomic E-state index is -3.55. The first-order valence-corrected chi connectivity index (χ1v) is 29.6. The molecule has 0 saturated heterocycles. The molecule has 366 valence electrons. The fraction of sp³-hybridized carbons (Fsp3) is 0.931. The number of nitrogens with zero attached hydrogens (tertiary/aromatic N) is 1. The lowest BCUT2D eigenvalue weighted by atomic mass is 9.47. The van der Waals surface area contributed by atoms with E-state index in [0.29, 0.717) is 17.4 Å². The third kappa shape index (κ3) is 9.70. The summed E-state index contributed by atoms with van der Waals surface area (Å²) in [6.45, 7) is 26.8. The van der Waals surface area contributed by atoms with Crippen molar-refractivity contribution in [2.24, 2.45) is 92.7 Å². The molecule has 2 unspecified atom stereocenters. The van der Waals surface area contributed by atoms with Crippen molar-refractivity contribution in [1.29, 1.82) is 0 Å². The molecule has 6 saturated carbocycles. The Morgan fingerprint density at radius 2 is 1.05 bits per heavy atom. The van der Waals surface area contributed by atoms with Crippen LogP contribution < -0.4 is 5.09 Å². The van der Waals surface area contributed by atoms with Crippen molar-refractivity contribution in [2.45, 2.75) is 223 Å². The summed E-state index contributed by atoms with van der Waals surface area (Å²) in [7, 11) is 0.631. The van der Waals surface area contributed by atoms with Crippen molar-refractivity contribution in [3.8, 4) is 0 Å². The van der Waals surface area contributed by atoms with Crippen LogP contribution in [0.4, 0.5) is 0 Å². The van der Waals surface area contributed by atoms with Crippen molar-refractivity contribution in [2.75, 3.05) is 27.2 Å². The summed E-state index contributed by atoms with van der Waals surface area (Å²) in [5, 5.41) is 3.43. The van der Waals surface area contributed by atoms with Gasteiger partial charge in [0.05, 0.1) is 12.2 Å². The maximum absolute atomic E-state index is 15.1. The zero-order chi connectivity index (χ0) is 45.8. The van der Waals surface area contributed by atoms with Crippen LogP contribution in [-0.2, 0) is 13.6 Å². The normalized spacial score (nSPS) is 43.6. The highest BCUT2D eigenvalue weighted by atomic mass is 31.2. The molecule has 1 N–H and O–H groups in total. The molecule has 64 heavy (non-hydrogen) atoms. The van der Waals surface area contributed by atoms with Gasteiger partial charge in [0.2, 0.25) is 0 Å². The summed E-state index contributed by atoms with van der Waals surface area (Å²) in [6.07, 6.45) is 33.5.